The van der Waals surface area contributed by atoms with E-state index in [4.69, 9.17) is 0 Å². The van der Waals surface area contributed by atoms with E-state index in [9.17, 15) is 14.7 Å². The highest BCUT2D eigenvalue weighted by Crippen LogP contribution is 2.16. The first-order valence-electron chi connectivity index (χ1n) is 6.27. The molecule has 0 spiro atoms. The van der Waals surface area contributed by atoms with E-state index in [-0.39, 0.29) is 23.0 Å². The van der Waals surface area contributed by atoms with Gasteiger partial charge in [0.1, 0.15) is 5.75 Å². The lowest BCUT2D eigenvalue weighted by Gasteiger charge is -2.04. The Bertz CT molecular complexity index is 871. The molecular weight excluding hydrogens is 306 g/mol. The number of hydrogen-bond donors (Lipinski definition) is 4. The van der Waals surface area contributed by atoms with Crippen molar-refractivity contribution < 1.29 is 9.90 Å². The minimum absolute atomic E-state index is 0.0831. The molecule has 0 atom stereocenters. The minimum atomic E-state index is -0.330. The van der Waals surface area contributed by atoms with Gasteiger partial charge in [0.05, 0.1) is 12.1 Å². The number of benzene rings is 1. The zero-order valence-corrected chi connectivity index (χ0v) is 12.0. The average Bonchev–Trinajstić information content (AvgIpc) is 2.97. The highest BCUT2D eigenvalue weighted by atomic mass is 32.2. The summed E-state index contributed by atoms with van der Waals surface area (Å²) in [5, 5.41) is 12.2. The van der Waals surface area contributed by atoms with Crippen LogP contribution >= 0.6 is 11.8 Å². The van der Waals surface area contributed by atoms with E-state index >= 15 is 0 Å². The standard InChI is InChI=1S/C13H11N5O3S/c19-8-3-1-7(2-4-8)16-9(20)5-22-13-17-11-10(12(21)18-13)14-6-15-11/h1-4,6,19H,5H2,(H,16,20)(H2,14,15,17,18,21). The van der Waals surface area contributed by atoms with Crippen LogP contribution in [0, 0.1) is 0 Å². The number of aromatic nitrogens is 4. The van der Waals surface area contributed by atoms with Crippen molar-refractivity contribution in [3.8, 4) is 5.75 Å². The zero-order valence-electron chi connectivity index (χ0n) is 11.2. The Morgan fingerprint density at radius 2 is 2.09 bits per heavy atom. The number of aromatic hydroxyl groups is 1. The van der Waals surface area contributed by atoms with Crippen LogP contribution in [-0.4, -0.2) is 36.7 Å². The van der Waals surface area contributed by atoms with Gasteiger partial charge in [-0.3, -0.25) is 14.6 Å². The lowest BCUT2D eigenvalue weighted by molar-refractivity contribution is -0.113. The molecule has 2 heterocycles. The van der Waals surface area contributed by atoms with Gasteiger partial charge in [0.25, 0.3) is 5.56 Å². The van der Waals surface area contributed by atoms with E-state index in [0.29, 0.717) is 22.0 Å². The van der Waals surface area contributed by atoms with Crippen molar-refractivity contribution in [1.82, 2.24) is 19.9 Å². The molecular formula is C13H11N5O3S. The lowest BCUT2D eigenvalue weighted by atomic mass is 10.3. The Hall–Kier alpha value is -2.81. The van der Waals surface area contributed by atoms with E-state index in [1.807, 2.05) is 0 Å². The number of aromatic amines is 2. The third kappa shape index (κ3) is 3.09. The summed E-state index contributed by atoms with van der Waals surface area (Å²) in [5.41, 5.74) is 0.861. The predicted molar refractivity (Wildman–Crippen MR) is 82.0 cm³/mol. The minimum Gasteiger partial charge on any atom is -0.508 e. The predicted octanol–water partition coefficient (Wildman–Crippen LogP) is 1.08. The topological polar surface area (TPSA) is 124 Å². The van der Waals surface area contributed by atoms with Crippen molar-refractivity contribution >= 4 is 34.5 Å². The summed E-state index contributed by atoms with van der Waals surface area (Å²) in [6, 6.07) is 6.14. The van der Waals surface area contributed by atoms with Crippen molar-refractivity contribution in [2.24, 2.45) is 0 Å². The van der Waals surface area contributed by atoms with Gasteiger partial charge >= 0.3 is 0 Å². The van der Waals surface area contributed by atoms with Crippen molar-refractivity contribution in [3.63, 3.8) is 0 Å². The largest absolute Gasteiger partial charge is 0.508 e. The highest BCUT2D eigenvalue weighted by Gasteiger charge is 2.09. The van der Waals surface area contributed by atoms with Crippen LogP contribution in [-0.2, 0) is 4.79 Å². The molecule has 0 unspecified atom stereocenters. The normalized spacial score (nSPS) is 10.7. The fourth-order valence-electron chi connectivity index (χ4n) is 1.77. The summed E-state index contributed by atoms with van der Waals surface area (Å²) >= 11 is 1.10. The summed E-state index contributed by atoms with van der Waals surface area (Å²) < 4.78 is 0. The lowest BCUT2D eigenvalue weighted by Crippen LogP contribution is -2.15. The summed E-state index contributed by atoms with van der Waals surface area (Å²) in [7, 11) is 0. The maximum atomic E-state index is 11.8. The van der Waals surface area contributed by atoms with Gasteiger partial charge in [-0.1, -0.05) is 11.8 Å². The van der Waals surface area contributed by atoms with Crippen LogP contribution in [0.1, 0.15) is 0 Å². The second-order valence-electron chi connectivity index (χ2n) is 4.36. The molecule has 0 aliphatic heterocycles. The van der Waals surface area contributed by atoms with E-state index in [2.05, 4.69) is 25.3 Å². The number of nitrogens with one attached hydrogen (secondary N) is 3. The monoisotopic (exact) mass is 317 g/mol. The van der Waals surface area contributed by atoms with Gasteiger partial charge in [0.2, 0.25) is 5.91 Å². The van der Waals surface area contributed by atoms with Crippen LogP contribution < -0.4 is 10.9 Å². The first kappa shape index (κ1) is 14.1. The fraction of sp³-hybridized carbons (Fsp3) is 0.0769. The first-order valence-corrected chi connectivity index (χ1v) is 7.25. The van der Waals surface area contributed by atoms with Gasteiger partial charge in [-0.15, -0.1) is 0 Å². The number of amides is 1. The van der Waals surface area contributed by atoms with Crippen LogP contribution in [0.25, 0.3) is 11.2 Å². The molecule has 3 aromatic rings. The smallest absolute Gasteiger partial charge is 0.277 e. The highest BCUT2D eigenvalue weighted by molar-refractivity contribution is 7.99. The average molecular weight is 317 g/mol. The number of thioether (sulfide) groups is 1. The number of fused-ring (bicyclic) bond motifs is 1. The molecule has 22 heavy (non-hydrogen) atoms. The third-order valence-corrected chi connectivity index (χ3v) is 3.64. The summed E-state index contributed by atoms with van der Waals surface area (Å²) in [6.07, 6.45) is 1.39. The molecule has 0 bridgehead atoms. The van der Waals surface area contributed by atoms with Gasteiger partial charge in [0.15, 0.2) is 16.3 Å². The number of imidazole rings is 1. The number of hydrogen-bond acceptors (Lipinski definition) is 6. The Kier molecular flexibility index (Phi) is 3.79. The van der Waals surface area contributed by atoms with Gasteiger partial charge in [-0.05, 0) is 24.3 Å². The van der Waals surface area contributed by atoms with E-state index in [0.717, 1.165) is 11.8 Å². The van der Waals surface area contributed by atoms with Crippen molar-refractivity contribution in [3.05, 3.63) is 40.9 Å². The Labute approximate surface area is 128 Å². The number of carbonyl (C=O) groups is 1. The maximum Gasteiger partial charge on any atom is 0.277 e. The molecule has 1 aromatic carbocycles. The number of anilines is 1. The molecule has 2 aromatic heterocycles. The number of phenols is 1. The molecule has 0 fully saturated rings. The molecule has 4 N–H and O–H groups in total. The second-order valence-corrected chi connectivity index (χ2v) is 5.32. The molecule has 112 valence electrons. The summed E-state index contributed by atoms with van der Waals surface area (Å²) in [4.78, 5) is 36.9. The number of rotatable bonds is 4. The van der Waals surface area contributed by atoms with Crippen LogP contribution in [0.3, 0.4) is 0 Å². The number of H-pyrrole nitrogens is 2. The molecule has 0 saturated heterocycles. The number of carbonyl (C=O) groups excluding carboxylic acids is 1. The Morgan fingerprint density at radius 1 is 1.32 bits per heavy atom. The van der Waals surface area contributed by atoms with Crippen LogP contribution in [0.4, 0.5) is 5.69 Å². The van der Waals surface area contributed by atoms with Crippen LogP contribution in [0.15, 0.2) is 40.5 Å². The number of nitrogens with zero attached hydrogens (tertiary/aromatic N) is 2. The molecule has 1 amide bonds. The van der Waals surface area contributed by atoms with E-state index < -0.39 is 0 Å². The van der Waals surface area contributed by atoms with Gasteiger partial charge in [-0.25, -0.2) is 9.97 Å². The van der Waals surface area contributed by atoms with Gasteiger partial charge in [-0.2, -0.15) is 0 Å². The molecule has 0 radical (unpaired) electrons. The van der Waals surface area contributed by atoms with Gasteiger partial charge < -0.3 is 15.4 Å². The SMILES string of the molecule is O=C(CSc1nc2nc[nH]c2c(=O)[nH]1)Nc1ccc(O)cc1. The summed E-state index contributed by atoms with van der Waals surface area (Å²) in [5.74, 6) is -0.0401. The van der Waals surface area contributed by atoms with Crippen molar-refractivity contribution in [1.29, 1.82) is 0 Å². The summed E-state index contributed by atoms with van der Waals surface area (Å²) in [6.45, 7) is 0. The molecule has 0 aliphatic rings. The van der Waals surface area contributed by atoms with Crippen molar-refractivity contribution in [2.45, 2.75) is 5.16 Å². The molecule has 9 heteroatoms. The van der Waals surface area contributed by atoms with Crippen molar-refractivity contribution in [2.75, 3.05) is 11.1 Å². The maximum absolute atomic E-state index is 11.8. The van der Waals surface area contributed by atoms with E-state index in [1.165, 1.54) is 18.5 Å². The third-order valence-electron chi connectivity index (χ3n) is 2.77. The number of phenolic OH excluding ortho intramolecular Hbond substituents is 1. The Morgan fingerprint density at radius 3 is 2.86 bits per heavy atom. The molecule has 0 aliphatic carbocycles. The van der Waals surface area contributed by atoms with Crippen LogP contribution in [0.5, 0.6) is 5.75 Å². The Balaban J connectivity index is 1.64. The molecule has 3 rings (SSSR count). The zero-order chi connectivity index (χ0) is 15.5. The molecule has 0 saturated carbocycles. The van der Waals surface area contributed by atoms with Crippen LogP contribution in [0.2, 0.25) is 0 Å². The second kappa shape index (κ2) is 5.90. The molecule has 8 nitrogen and oxygen atoms in total. The quantitative estimate of drug-likeness (QED) is 0.324. The fourth-order valence-corrected chi connectivity index (χ4v) is 2.42. The van der Waals surface area contributed by atoms with Gasteiger partial charge in [0, 0.05) is 5.69 Å². The first-order chi connectivity index (χ1) is 10.6. The van der Waals surface area contributed by atoms with E-state index in [1.54, 1.807) is 12.1 Å².